The van der Waals surface area contributed by atoms with Crippen LogP contribution in [0.15, 0.2) is 33.5 Å². The van der Waals surface area contributed by atoms with Crippen molar-refractivity contribution in [1.82, 2.24) is 20.6 Å². The molecule has 0 atom stereocenters. The number of para-hydroxylation sites is 1. The number of ether oxygens (including phenoxy) is 2. The summed E-state index contributed by atoms with van der Waals surface area (Å²) < 4.78 is 16.6. The zero-order valence-corrected chi connectivity index (χ0v) is 13.5. The fraction of sp³-hybridized carbons (Fsp3) is 0.375. The molecule has 0 saturated carbocycles. The zero-order chi connectivity index (χ0) is 16.9. The van der Waals surface area contributed by atoms with E-state index >= 15 is 0 Å². The van der Waals surface area contributed by atoms with Crippen LogP contribution in [0.1, 0.15) is 13.8 Å². The molecule has 8 heteroatoms. The molecule has 0 amide bonds. The Morgan fingerprint density at radius 1 is 1.29 bits per heavy atom. The molecule has 0 unspecified atom stereocenters. The minimum absolute atomic E-state index is 0.194. The fourth-order valence-corrected chi connectivity index (χ4v) is 2.19. The van der Waals surface area contributed by atoms with Crippen molar-refractivity contribution < 1.29 is 13.9 Å². The lowest BCUT2D eigenvalue weighted by Crippen LogP contribution is -2.11. The van der Waals surface area contributed by atoms with Gasteiger partial charge in [0.1, 0.15) is 12.2 Å². The molecule has 0 spiro atoms. The minimum Gasteiger partial charge on any atom is -0.487 e. The average Bonchev–Trinajstić information content (AvgIpc) is 3.08. The molecule has 0 aliphatic rings. The largest absolute Gasteiger partial charge is 0.487 e. The molecule has 126 valence electrons. The first-order valence-corrected chi connectivity index (χ1v) is 7.66. The Kier molecular flexibility index (Phi) is 4.85. The highest BCUT2D eigenvalue weighted by atomic mass is 16.5. The van der Waals surface area contributed by atoms with Crippen LogP contribution in [-0.2, 0) is 4.74 Å². The third-order valence-electron chi connectivity index (χ3n) is 3.25. The van der Waals surface area contributed by atoms with E-state index in [9.17, 15) is 4.79 Å². The normalized spacial score (nSPS) is 11.3. The van der Waals surface area contributed by atoms with Crippen LogP contribution in [0.3, 0.4) is 0 Å². The number of fused-ring (bicyclic) bond motifs is 1. The van der Waals surface area contributed by atoms with Crippen molar-refractivity contribution in [2.75, 3.05) is 19.8 Å². The van der Waals surface area contributed by atoms with Crippen molar-refractivity contribution in [3.63, 3.8) is 0 Å². The van der Waals surface area contributed by atoms with E-state index in [0.717, 1.165) is 5.39 Å². The number of nitrogens with zero attached hydrogens (tertiary/aromatic N) is 3. The molecule has 2 aromatic heterocycles. The highest BCUT2D eigenvalue weighted by molar-refractivity contribution is 5.85. The van der Waals surface area contributed by atoms with Gasteiger partial charge in [-0.1, -0.05) is 26.0 Å². The number of rotatable bonds is 7. The summed E-state index contributed by atoms with van der Waals surface area (Å²) in [5, 5.41) is 14.1. The quantitative estimate of drug-likeness (QED) is 0.522. The molecule has 0 saturated heterocycles. The van der Waals surface area contributed by atoms with Gasteiger partial charge in [0.25, 0.3) is 0 Å². The minimum atomic E-state index is -0.545. The lowest BCUT2D eigenvalue weighted by Gasteiger charge is -2.10. The maximum atomic E-state index is 12.2. The first-order chi connectivity index (χ1) is 11.6. The van der Waals surface area contributed by atoms with Crippen LogP contribution in [0.25, 0.3) is 22.4 Å². The molecule has 0 bridgehead atoms. The van der Waals surface area contributed by atoms with Gasteiger partial charge >= 0.3 is 5.63 Å². The Labute approximate surface area is 137 Å². The summed E-state index contributed by atoms with van der Waals surface area (Å²) in [6.07, 6.45) is 0. The summed E-state index contributed by atoms with van der Waals surface area (Å²) in [6.45, 7) is 5.70. The summed E-state index contributed by atoms with van der Waals surface area (Å²) in [4.78, 5) is 12.2. The second-order valence-corrected chi connectivity index (χ2v) is 5.67. The molecule has 0 aliphatic carbocycles. The maximum Gasteiger partial charge on any atom is 0.347 e. The summed E-state index contributed by atoms with van der Waals surface area (Å²) in [5.74, 6) is 1.17. The van der Waals surface area contributed by atoms with Crippen LogP contribution >= 0.6 is 0 Å². The highest BCUT2D eigenvalue weighted by Gasteiger charge is 2.14. The number of H-pyrrole nitrogens is 1. The summed E-state index contributed by atoms with van der Waals surface area (Å²) >= 11 is 0. The van der Waals surface area contributed by atoms with Crippen LogP contribution in [0.2, 0.25) is 0 Å². The van der Waals surface area contributed by atoms with Crippen molar-refractivity contribution in [2.45, 2.75) is 13.8 Å². The molecule has 0 fully saturated rings. The number of benzene rings is 1. The van der Waals surface area contributed by atoms with Crippen molar-refractivity contribution >= 4 is 11.0 Å². The van der Waals surface area contributed by atoms with Gasteiger partial charge in [0.05, 0.1) is 6.61 Å². The molecule has 1 aromatic carbocycles. The summed E-state index contributed by atoms with van der Waals surface area (Å²) in [5.41, 5.74) is 0.0864. The Morgan fingerprint density at radius 2 is 2.17 bits per heavy atom. The van der Waals surface area contributed by atoms with Gasteiger partial charge in [0.15, 0.2) is 11.3 Å². The molecule has 0 aliphatic heterocycles. The number of hydrogen-bond donors (Lipinski definition) is 1. The van der Waals surface area contributed by atoms with Gasteiger partial charge in [-0.2, -0.15) is 5.21 Å². The SMILES string of the molecule is CC(C)COCCOc1cccc2cc(-c3nn[nH]n3)c(=O)oc12. The first kappa shape index (κ1) is 16.1. The number of aromatic amines is 1. The van der Waals surface area contributed by atoms with Crippen LogP contribution in [0.4, 0.5) is 0 Å². The monoisotopic (exact) mass is 330 g/mol. The van der Waals surface area contributed by atoms with Gasteiger partial charge in [0.2, 0.25) is 5.82 Å². The van der Waals surface area contributed by atoms with Gasteiger partial charge in [-0.05, 0) is 23.3 Å². The van der Waals surface area contributed by atoms with E-state index < -0.39 is 5.63 Å². The van der Waals surface area contributed by atoms with E-state index in [1.807, 2.05) is 12.1 Å². The third kappa shape index (κ3) is 3.60. The van der Waals surface area contributed by atoms with Crippen LogP contribution in [0.5, 0.6) is 5.75 Å². The van der Waals surface area contributed by atoms with Crippen molar-refractivity contribution in [1.29, 1.82) is 0 Å². The van der Waals surface area contributed by atoms with E-state index in [1.54, 1.807) is 12.1 Å². The van der Waals surface area contributed by atoms with E-state index in [0.29, 0.717) is 37.1 Å². The van der Waals surface area contributed by atoms with Crippen molar-refractivity contribution in [3.8, 4) is 17.1 Å². The van der Waals surface area contributed by atoms with E-state index in [1.165, 1.54) is 0 Å². The first-order valence-electron chi connectivity index (χ1n) is 7.66. The molecule has 2 heterocycles. The number of hydrogen-bond acceptors (Lipinski definition) is 7. The highest BCUT2D eigenvalue weighted by Crippen LogP contribution is 2.26. The van der Waals surface area contributed by atoms with Gasteiger partial charge in [-0.25, -0.2) is 4.79 Å². The standard InChI is InChI=1S/C16H18N4O4/c1-10(2)9-22-6-7-23-13-5-3-4-11-8-12(15-17-19-20-18-15)16(21)24-14(11)13/h3-5,8,10H,6-7,9H2,1-2H3,(H,17,18,19,20). The third-order valence-corrected chi connectivity index (χ3v) is 3.25. The van der Waals surface area contributed by atoms with Crippen molar-refractivity contribution in [2.24, 2.45) is 5.92 Å². The van der Waals surface area contributed by atoms with Crippen molar-refractivity contribution in [3.05, 3.63) is 34.7 Å². The summed E-state index contributed by atoms with van der Waals surface area (Å²) in [7, 11) is 0. The Bertz CT molecular complexity index is 858. The Hall–Kier alpha value is -2.74. The van der Waals surface area contributed by atoms with Crippen LogP contribution in [0, 0.1) is 5.92 Å². The van der Waals surface area contributed by atoms with E-state index in [-0.39, 0.29) is 11.4 Å². The maximum absolute atomic E-state index is 12.2. The second-order valence-electron chi connectivity index (χ2n) is 5.67. The van der Waals surface area contributed by atoms with E-state index in [2.05, 4.69) is 34.5 Å². The molecule has 3 aromatic rings. The molecular weight excluding hydrogens is 312 g/mol. The Morgan fingerprint density at radius 3 is 2.92 bits per heavy atom. The fourth-order valence-electron chi connectivity index (χ4n) is 2.19. The number of tetrazole rings is 1. The van der Waals surface area contributed by atoms with Gasteiger partial charge < -0.3 is 13.9 Å². The lowest BCUT2D eigenvalue weighted by molar-refractivity contribution is 0.0820. The predicted octanol–water partition coefficient (Wildman–Crippen LogP) is 2.02. The number of nitrogens with one attached hydrogen (secondary N) is 1. The second kappa shape index (κ2) is 7.22. The molecule has 1 N–H and O–H groups in total. The molecule has 8 nitrogen and oxygen atoms in total. The predicted molar refractivity (Wildman–Crippen MR) is 86.8 cm³/mol. The molecule has 0 radical (unpaired) electrons. The number of aromatic nitrogens is 4. The summed E-state index contributed by atoms with van der Waals surface area (Å²) in [6, 6.07) is 7.06. The van der Waals surface area contributed by atoms with Gasteiger partial charge in [-0.15, -0.1) is 10.2 Å². The Balaban J connectivity index is 1.80. The van der Waals surface area contributed by atoms with Gasteiger partial charge in [0, 0.05) is 12.0 Å². The topological polar surface area (TPSA) is 103 Å². The molecule has 3 rings (SSSR count). The molecular formula is C16H18N4O4. The van der Waals surface area contributed by atoms with Crippen LogP contribution < -0.4 is 10.4 Å². The lowest BCUT2D eigenvalue weighted by atomic mass is 10.1. The smallest absolute Gasteiger partial charge is 0.347 e. The zero-order valence-electron chi connectivity index (χ0n) is 13.5. The van der Waals surface area contributed by atoms with Gasteiger partial charge in [-0.3, -0.25) is 0 Å². The molecule has 24 heavy (non-hydrogen) atoms. The van der Waals surface area contributed by atoms with E-state index in [4.69, 9.17) is 13.9 Å². The van der Waals surface area contributed by atoms with Crippen LogP contribution in [-0.4, -0.2) is 40.4 Å². The average molecular weight is 330 g/mol.